The van der Waals surface area contributed by atoms with E-state index in [4.69, 9.17) is 14.5 Å². The molecule has 0 amide bonds. The number of benzene rings is 1. The third-order valence-electron chi connectivity index (χ3n) is 5.24. The van der Waals surface area contributed by atoms with Gasteiger partial charge in [-0.2, -0.15) is 5.10 Å². The molecular formula is C19H24N4O2. The molecule has 132 valence electrons. The van der Waals surface area contributed by atoms with Gasteiger partial charge in [0.1, 0.15) is 5.75 Å². The highest BCUT2D eigenvalue weighted by atomic mass is 16.5. The summed E-state index contributed by atoms with van der Waals surface area (Å²) in [6, 6.07) is 4.13. The van der Waals surface area contributed by atoms with Crippen LogP contribution in [0.25, 0.3) is 21.9 Å². The smallest absolute Gasteiger partial charge is 0.183 e. The summed E-state index contributed by atoms with van der Waals surface area (Å²) in [4.78, 5) is 7.26. The Hall–Kier alpha value is -2.34. The first kappa shape index (κ1) is 16.1. The predicted octanol–water partition coefficient (Wildman–Crippen LogP) is 3.35. The van der Waals surface area contributed by atoms with E-state index in [0.29, 0.717) is 6.10 Å². The normalized spacial score (nSPS) is 16.1. The Labute approximate surface area is 147 Å². The van der Waals surface area contributed by atoms with Gasteiger partial charge in [-0.3, -0.25) is 5.10 Å². The highest BCUT2D eigenvalue weighted by Gasteiger charge is 2.25. The molecule has 1 saturated heterocycles. The van der Waals surface area contributed by atoms with Gasteiger partial charge in [-0.05, 0) is 44.4 Å². The molecule has 3 heterocycles. The molecule has 0 radical (unpaired) electrons. The molecule has 0 aliphatic carbocycles. The third-order valence-corrected chi connectivity index (χ3v) is 5.24. The van der Waals surface area contributed by atoms with Crippen molar-refractivity contribution in [3.05, 3.63) is 23.4 Å². The Morgan fingerprint density at radius 2 is 1.92 bits per heavy atom. The maximum atomic E-state index is 5.54. The van der Waals surface area contributed by atoms with Gasteiger partial charge in [0.05, 0.1) is 29.8 Å². The molecule has 0 unspecified atom stereocenters. The zero-order valence-corrected chi connectivity index (χ0v) is 15.2. The summed E-state index contributed by atoms with van der Waals surface area (Å²) in [6.45, 7) is 6.06. The minimum atomic E-state index is 0.349. The first-order valence-corrected chi connectivity index (χ1v) is 8.73. The lowest BCUT2D eigenvalue weighted by Crippen LogP contribution is -2.36. The Bertz CT molecular complexity index is 926. The van der Waals surface area contributed by atoms with Gasteiger partial charge in [0.25, 0.3) is 0 Å². The first-order chi connectivity index (χ1) is 12.1. The number of nitrogens with zero attached hydrogens (tertiary/aromatic N) is 3. The Morgan fingerprint density at radius 1 is 1.16 bits per heavy atom. The van der Waals surface area contributed by atoms with Crippen molar-refractivity contribution in [2.75, 3.05) is 32.2 Å². The molecule has 0 saturated carbocycles. The molecule has 0 atom stereocenters. The van der Waals surface area contributed by atoms with Crippen LogP contribution in [0.5, 0.6) is 5.75 Å². The largest absolute Gasteiger partial charge is 0.497 e. The number of ether oxygens (including phenoxy) is 2. The number of aromatic amines is 1. The number of hydrogen-bond donors (Lipinski definition) is 1. The van der Waals surface area contributed by atoms with Crippen molar-refractivity contribution in [2.24, 2.45) is 0 Å². The van der Waals surface area contributed by atoms with Crippen LogP contribution < -0.4 is 9.64 Å². The molecule has 3 aromatic rings. The zero-order valence-electron chi connectivity index (χ0n) is 15.2. The number of fused-ring (bicyclic) bond motifs is 2. The second-order valence-electron chi connectivity index (χ2n) is 6.77. The average Bonchev–Trinajstić information content (AvgIpc) is 3.01. The van der Waals surface area contributed by atoms with Crippen LogP contribution in [0.3, 0.4) is 0 Å². The number of aromatic nitrogens is 3. The van der Waals surface area contributed by atoms with E-state index in [0.717, 1.165) is 64.9 Å². The van der Waals surface area contributed by atoms with Crippen LogP contribution in [-0.4, -0.2) is 48.6 Å². The number of methoxy groups -OCH3 is 2. The molecule has 25 heavy (non-hydrogen) atoms. The molecular weight excluding hydrogens is 316 g/mol. The molecule has 6 heteroatoms. The molecule has 1 N–H and O–H groups in total. The topological polar surface area (TPSA) is 63.3 Å². The number of aryl methyl sites for hydroxylation is 2. The first-order valence-electron chi connectivity index (χ1n) is 8.73. The Morgan fingerprint density at radius 3 is 2.60 bits per heavy atom. The van der Waals surface area contributed by atoms with Crippen LogP contribution in [0.4, 0.5) is 5.69 Å². The minimum Gasteiger partial charge on any atom is -0.497 e. The quantitative estimate of drug-likeness (QED) is 0.792. The van der Waals surface area contributed by atoms with Gasteiger partial charge in [0, 0.05) is 31.3 Å². The van der Waals surface area contributed by atoms with E-state index in [-0.39, 0.29) is 0 Å². The molecule has 1 aliphatic heterocycles. The number of pyridine rings is 1. The van der Waals surface area contributed by atoms with Crippen molar-refractivity contribution in [1.82, 2.24) is 15.2 Å². The van der Waals surface area contributed by atoms with Crippen molar-refractivity contribution in [1.29, 1.82) is 0 Å². The number of H-pyrrole nitrogens is 1. The number of anilines is 1. The lowest BCUT2D eigenvalue weighted by molar-refractivity contribution is 0.0820. The van der Waals surface area contributed by atoms with E-state index in [1.54, 1.807) is 14.2 Å². The summed E-state index contributed by atoms with van der Waals surface area (Å²) in [5.74, 6) is 0.861. The lowest BCUT2D eigenvalue weighted by Gasteiger charge is -2.34. The van der Waals surface area contributed by atoms with Crippen molar-refractivity contribution < 1.29 is 9.47 Å². The van der Waals surface area contributed by atoms with Crippen LogP contribution >= 0.6 is 0 Å². The van der Waals surface area contributed by atoms with Crippen molar-refractivity contribution >= 4 is 27.6 Å². The molecule has 1 fully saturated rings. The van der Waals surface area contributed by atoms with Gasteiger partial charge >= 0.3 is 0 Å². The third kappa shape index (κ3) is 2.61. The standard InChI is InChI=1S/C19H24N4O2/c1-11-9-14(25-4)10-15-17(11)20-19-16(12(2)21-22-19)18(15)23-7-5-13(24-3)6-8-23/h9-10,13H,5-8H2,1-4H3,(H,20,21,22). The lowest BCUT2D eigenvalue weighted by atomic mass is 10.0. The highest BCUT2D eigenvalue weighted by molar-refractivity contribution is 6.09. The van der Waals surface area contributed by atoms with Gasteiger partial charge in [0.2, 0.25) is 0 Å². The van der Waals surface area contributed by atoms with Crippen molar-refractivity contribution in [3.8, 4) is 5.75 Å². The summed E-state index contributed by atoms with van der Waals surface area (Å²) < 4.78 is 11.1. The van der Waals surface area contributed by atoms with E-state index >= 15 is 0 Å². The maximum absolute atomic E-state index is 5.54. The molecule has 2 aromatic heterocycles. The summed E-state index contributed by atoms with van der Waals surface area (Å²) in [5.41, 5.74) is 5.13. The summed E-state index contributed by atoms with van der Waals surface area (Å²) in [5, 5.41) is 9.76. The second kappa shape index (κ2) is 6.19. The number of nitrogens with one attached hydrogen (secondary N) is 1. The number of piperidine rings is 1. The second-order valence-corrected chi connectivity index (χ2v) is 6.77. The summed E-state index contributed by atoms with van der Waals surface area (Å²) >= 11 is 0. The fourth-order valence-electron chi connectivity index (χ4n) is 3.86. The van der Waals surface area contributed by atoms with Gasteiger partial charge in [-0.1, -0.05) is 0 Å². The van der Waals surface area contributed by atoms with Crippen LogP contribution in [0.15, 0.2) is 12.1 Å². The van der Waals surface area contributed by atoms with Gasteiger partial charge in [-0.25, -0.2) is 4.98 Å². The monoisotopic (exact) mass is 340 g/mol. The van der Waals surface area contributed by atoms with Crippen LogP contribution in [0.1, 0.15) is 24.1 Å². The highest BCUT2D eigenvalue weighted by Crippen LogP contribution is 2.39. The molecule has 1 aromatic carbocycles. The van der Waals surface area contributed by atoms with Gasteiger partial charge < -0.3 is 14.4 Å². The van der Waals surface area contributed by atoms with E-state index in [1.165, 1.54) is 5.69 Å². The zero-order chi connectivity index (χ0) is 17.6. The average molecular weight is 340 g/mol. The minimum absolute atomic E-state index is 0.349. The van der Waals surface area contributed by atoms with E-state index < -0.39 is 0 Å². The SMILES string of the molecule is COc1cc(C)c2nc3n[nH]c(C)c3c(N3CCC(OC)CC3)c2c1. The van der Waals surface area contributed by atoms with Crippen molar-refractivity contribution in [3.63, 3.8) is 0 Å². The van der Waals surface area contributed by atoms with E-state index in [1.807, 2.05) is 6.07 Å². The van der Waals surface area contributed by atoms with Crippen LogP contribution in [-0.2, 0) is 4.74 Å². The number of rotatable bonds is 3. The summed E-state index contributed by atoms with van der Waals surface area (Å²) in [6.07, 6.45) is 2.41. The molecule has 0 bridgehead atoms. The van der Waals surface area contributed by atoms with Crippen molar-refractivity contribution in [2.45, 2.75) is 32.8 Å². The molecule has 6 nitrogen and oxygen atoms in total. The summed E-state index contributed by atoms with van der Waals surface area (Å²) in [7, 11) is 3.51. The fraction of sp³-hybridized carbons (Fsp3) is 0.474. The Balaban J connectivity index is 1.97. The van der Waals surface area contributed by atoms with Crippen LogP contribution in [0.2, 0.25) is 0 Å². The van der Waals surface area contributed by atoms with Crippen LogP contribution in [0, 0.1) is 13.8 Å². The van der Waals surface area contributed by atoms with Gasteiger partial charge in [0.15, 0.2) is 5.65 Å². The predicted molar refractivity (Wildman–Crippen MR) is 99.7 cm³/mol. The number of hydrogen-bond acceptors (Lipinski definition) is 5. The maximum Gasteiger partial charge on any atom is 0.183 e. The van der Waals surface area contributed by atoms with E-state index in [9.17, 15) is 0 Å². The van der Waals surface area contributed by atoms with Gasteiger partial charge in [-0.15, -0.1) is 0 Å². The Kier molecular flexibility index (Phi) is 4.00. The molecule has 4 rings (SSSR count). The fourth-order valence-corrected chi connectivity index (χ4v) is 3.86. The van der Waals surface area contributed by atoms with E-state index in [2.05, 4.69) is 35.0 Å². The molecule has 0 spiro atoms. The molecule has 1 aliphatic rings.